The molecule has 0 saturated carbocycles. The van der Waals surface area contributed by atoms with Gasteiger partial charge in [0.2, 0.25) is 0 Å². The van der Waals surface area contributed by atoms with E-state index in [2.05, 4.69) is 22.6 Å². The summed E-state index contributed by atoms with van der Waals surface area (Å²) < 4.78 is 19.6. The van der Waals surface area contributed by atoms with E-state index in [4.69, 9.17) is 16.3 Å². The highest BCUT2D eigenvalue weighted by Crippen LogP contribution is 2.34. The van der Waals surface area contributed by atoms with Crippen molar-refractivity contribution in [3.8, 4) is 5.75 Å². The molecule has 0 fully saturated rings. The molecule has 3 nitrogen and oxygen atoms in total. The second kappa shape index (κ2) is 5.81. The second-order valence-corrected chi connectivity index (χ2v) is 6.28. The normalized spacial score (nSPS) is 13.9. The van der Waals surface area contributed by atoms with Crippen LogP contribution in [0.4, 0.5) is 10.1 Å². The van der Waals surface area contributed by atoms with Gasteiger partial charge in [-0.2, -0.15) is 0 Å². The van der Waals surface area contributed by atoms with Crippen molar-refractivity contribution < 1.29 is 13.9 Å². The van der Waals surface area contributed by atoms with E-state index >= 15 is 0 Å². The van der Waals surface area contributed by atoms with Gasteiger partial charge in [0.25, 0.3) is 5.91 Å². The molecular formula is C15H10ClFINO2. The van der Waals surface area contributed by atoms with Crippen LogP contribution >= 0.6 is 34.2 Å². The highest BCUT2D eigenvalue weighted by molar-refractivity contribution is 14.1. The standard InChI is InChI=1S/C15H10ClFINO2/c16-11-5-9(1-3-12(11)17)7-19-13-6-10(18)2-4-14(13)21-8-15(19)20/h1-6H,7-8H2. The molecule has 2 aromatic rings. The Morgan fingerprint density at radius 2 is 2.10 bits per heavy atom. The van der Waals surface area contributed by atoms with Crippen LogP contribution in [0.15, 0.2) is 36.4 Å². The highest BCUT2D eigenvalue weighted by Gasteiger charge is 2.25. The molecule has 1 amide bonds. The Morgan fingerprint density at radius 1 is 1.29 bits per heavy atom. The smallest absolute Gasteiger partial charge is 0.265 e. The summed E-state index contributed by atoms with van der Waals surface area (Å²) in [6.45, 7) is 0.331. The number of carbonyl (C=O) groups is 1. The summed E-state index contributed by atoms with van der Waals surface area (Å²) in [5.74, 6) is 0.0665. The summed E-state index contributed by atoms with van der Waals surface area (Å²) in [5.41, 5.74) is 1.49. The van der Waals surface area contributed by atoms with E-state index in [-0.39, 0.29) is 17.5 Å². The highest BCUT2D eigenvalue weighted by atomic mass is 127. The van der Waals surface area contributed by atoms with Gasteiger partial charge in [-0.25, -0.2) is 4.39 Å². The third kappa shape index (κ3) is 2.98. The van der Waals surface area contributed by atoms with Gasteiger partial charge >= 0.3 is 0 Å². The number of fused-ring (bicyclic) bond motifs is 1. The van der Waals surface area contributed by atoms with Gasteiger partial charge in [0, 0.05) is 3.57 Å². The Balaban J connectivity index is 1.96. The lowest BCUT2D eigenvalue weighted by atomic mass is 10.1. The Bertz CT molecular complexity index is 723. The average Bonchev–Trinajstić information content (AvgIpc) is 2.46. The van der Waals surface area contributed by atoms with Crippen LogP contribution in [0.1, 0.15) is 5.56 Å². The fourth-order valence-electron chi connectivity index (χ4n) is 2.17. The Morgan fingerprint density at radius 3 is 2.86 bits per heavy atom. The van der Waals surface area contributed by atoms with E-state index in [1.807, 2.05) is 18.2 Å². The van der Waals surface area contributed by atoms with Gasteiger partial charge in [-0.3, -0.25) is 4.79 Å². The summed E-state index contributed by atoms with van der Waals surface area (Å²) in [5, 5.41) is 0.0519. The van der Waals surface area contributed by atoms with E-state index in [0.717, 1.165) is 14.8 Å². The zero-order valence-electron chi connectivity index (χ0n) is 10.8. The van der Waals surface area contributed by atoms with E-state index < -0.39 is 5.82 Å². The molecule has 0 N–H and O–H groups in total. The molecule has 0 aliphatic carbocycles. The van der Waals surface area contributed by atoms with Crippen LogP contribution in [0.5, 0.6) is 5.75 Å². The van der Waals surface area contributed by atoms with Crippen LogP contribution in [0, 0.1) is 9.39 Å². The van der Waals surface area contributed by atoms with Crippen molar-refractivity contribution in [2.45, 2.75) is 6.54 Å². The molecule has 3 rings (SSSR count). The fourth-order valence-corrected chi connectivity index (χ4v) is 2.85. The number of hydrogen-bond acceptors (Lipinski definition) is 2. The van der Waals surface area contributed by atoms with Gasteiger partial charge in [0.15, 0.2) is 6.61 Å². The number of ether oxygens (including phenoxy) is 1. The lowest BCUT2D eigenvalue weighted by molar-refractivity contribution is -0.121. The molecule has 108 valence electrons. The van der Waals surface area contributed by atoms with Crippen molar-refractivity contribution in [1.29, 1.82) is 0 Å². The number of nitrogens with zero attached hydrogens (tertiary/aromatic N) is 1. The molecule has 0 spiro atoms. The summed E-state index contributed by atoms with van der Waals surface area (Å²) in [7, 11) is 0. The van der Waals surface area contributed by atoms with Crippen molar-refractivity contribution in [2.75, 3.05) is 11.5 Å². The Hall–Kier alpha value is -1.34. The lowest BCUT2D eigenvalue weighted by Gasteiger charge is -2.29. The molecule has 0 saturated heterocycles. The molecule has 2 aromatic carbocycles. The number of halogens is 3. The van der Waals surface area contributed by atoms with Gasteiger partial charge in [0.05, 0.1) is 17.3 Å². The van der Waals surface area contributed by atoms with Gasteiger partial charge in [-0.1, -0.05) is 17.7 Å². The predicted octanol–water partition coefficient (Wildman–Crippen LogP) is 4.01. The maximum atomic E-state index is 13.2. The fraction of sp³-hybridized carbons (Fsp3) is 0.133. The van der Waals surface area contributed by atoms with Crippen LogP contribution in [0.3, 0.4) is 0 Å². The predicted molar refractivity (Wildman–Crippen MR) is 87.3 cm³/mol. The first-order valence-corrected chi connectivity index (χ1v) is 7.67. The SMILES string of the molecule is O=C1COc2ccc(I)cc2N1Cc1ccc(F)c(Cl)c1. The first kappa shape index (κ1) is 14.6. The Labute approximate surface area is 139 Å². The van der Waals surface area contributed by atoms with Gasteiger partial charge in [-0.15, -0.1) is 0 Å². The summed E-state index contributed by atoms with van der Waals surface area (Å²) in [6, 6.07) is 10.1. The average molecular weight is 418 g/mol. The number of benzene rings is 2. The molecule has 0 aromatic heterocycles. The lowest BCUT2D eigenvalue weighted by Crippen LogP contribution is -2.38. The number of carbonyl (C=O) groups excluding carboxylic acids is 1. The van der Waals surface area contributed by atoms with Crippen molar-refractivity contribution in [3.05, 3.63) is 56.4 Å². The first-order chi connectivity index (χ1) is 10.0. The zero-order chi connectivity index (χ0) is 15.0. The maximum Gasteiger partial charge on any atom is 0.265 e. The van der Waals surface area contributed by atoms with Crippen LogP contribution in [-0.2, 0) is 11.3 Å². The molecule has 1 aliphatic rings. The van der Waals surface area contributed by atoms with Crippen molar-refractivity contribution in [2.24, 2.45) is 0 Å². The van der Waals surface area contributed by atoms with E-state index in [0.29, 0.717) is 12.3 Å². The number of rotatable bonds is 2. The van der Waals surface area contributed by atoms with Gasteiger partial charge in [0.1, 0.15) is 11.6 Å². The molecule has 0 unspecified atom stereocenters. The van der Waals surface area contributed by atoms with E-state index in [9.17, 15) is 9.18 Å². The quantitative estimate of drug-likeness (QED) is 0.691. The number of amides is 1. The third-order valence-electron chi connectivity index (χ3n) is 3.19. The molecule has 1 aliphatic heterocycles. The van der Waals surface area contributed by atoms with Crippen molar-refractivity contribution in [3.63, 3.8) is 0 Å². The molecule has 6 heteroatoms. The van der Waals surface area contributed by atoms with Crippen LogP contribution in [-0.4, -0.2) is 12.5 Å². The largest absolute Gasteiger partial charge is 0.482 e. The first-order valence-electron chi connectivity index (χ1n) is 6.21. The minimum atomic E-state index is -0.469. The molecule has 1 heterocycles. The molecular weight excluding hydrogens is 408 g/mol. The molecule has 21 heavy (non-hydrogen) atoms. The summed E-state index contributed by atoms with van der Waals surface area (Å²) in [4.78, 5) is 13.7. The van der Waals surface area contributed by atoms with Crippen LogP contribution < -0.4 is 9.64 Å². The van der Waals surface area contributed by atoms with Crippen molar-refractivity contribution >= 4 is 45.8 Å². The minimum Gasteiger partial charge on any atom is -0.482 e. The zero-order valence-corrected chi connectivity index (χ0v) is 13.7. The van der Waals surface area contributed by atoms with Crippen LogP contribution in [0.25, 0.3) is 0 Å². The maximum absolute atomic E-state index is 13.2. The van der Waals surface area contributed by atoms with E-state index in [1.165, 1.54) is 12.1 Å². The van der Waals surface area contributed by atoms with Gasteiger partial charge < -0.3 is 9.64 Å². The monoisotopic (exact) mass is 417 g/mol. The molecule has 0 radical (unpaired) electrons. The third-order valence-corrected chi connectivity index (χ3v) is 4.15. The number of anilines is 1. The Kier molecular flexibility index (Phi) is 4.03. The molecule has 0 bridgehead atoms. The topological polar surface area (TPSA) is 29.5 Å². The summed E-state index contributed by atoms with van der Waals surface area (Å²) in [6.07, 6.45) is 0. The second-order valence-electron chi connectivity index (χ2n) is 4.63. The summed E-state index contributed by atoms with van der Waals surface area (Å²) >= 11 is 7.97. The van der Waals surface area contributed by atoms with Crippen molar-refractivity contribution in [1.82, 2.24) is 0 Å². The molecule has 0 atom stereocenters. The van der Waals surface area contributed by atoms with Gasteiger partial charge in [-0.05, 0) is 58.5 Å². The van der Waals surface area contributed by atoms with Crippen LogP contribution in [0.2, 0.25) is 5.02 Å². The minimum absolute atomic E-state index is 0.00250. The number of hydrogen-bond donors (Lipinski definition) is 0. The van der Waals surface area contributed by atoms with E-state index in [1.54, 1.807) is 11.0 Å².